The average Bonchev–Trinajstić information content (AvgIpc) is 3.87. The topological polar surface area (TPSA) is 167 Å². The summed E-state index contributed by atoms with van der Waals surface area (Å²) in [6.45, 7) is 2.53. The fourth-order valence-electron chi connectivity index (χ4n) is 8.05. The van der Waals surface area contributed by atoms with Crippen LogP contribution in [0.2, 0.25) is 0 Å². The lowest BCUT2D eigenvalue weighted by Crippen LogP contribution is -2.59. The number of aryl methyl sites for hydroxylation is 1. The number of para-hydroxylation sites is 1. The summed E-state index contributed by atoms with van der Waals surface area (Å²) < 4.78 is 4.76. The standard InChI is InChI=1S/C46H52ClN5O7/c1-29-14-16-30(17-15-29)27-49-44(56)33(23-34-28-48-37-12-6-5-11-36(34)37)25-41(53)39(24-32-19-18-31-9-3-4-10-35(31)32)51-45(57)40-13-7-8-22-52(40)46(58)38(50-42(54)26-47)20-21-43(55)59-2/h3-6,9-12,14-17,19,28,33,38-40,48H,7-8,13,18,20-27H2,1-2H3,(H,49,56)(H,50,54)(H,51,57)/t33-,38+,39+,40+/m1/s1. The number of Topliss-reactive ketones (excluding diaryl/α,β-unsaturated/α-hetero) is 1. The summed E-state index contributed by atoms with van der Waals surface area (Å²) in [7, 11) is 1.24. The first-order chi connectivity index (χ1) is 28.5. The van der Waals surface area contributed by atoms with Crippen molar-refractivity contribution in [1.29, 1.82) is 0 Å². The predicted octanol–water partition coefficient (Wildman–Crippen LogP) is 5.48. The van der Waals surface area contributed by atoms with Crippen LogP contribution in [-0.2, 0) is 52.9 Å². The maximum atomic E-state index is 14.7. The number of methoxy groups -OCH3 is 1. The van der Waals surface area contributed by atoms with Crippen molar-refractivity contribution in [3.63, 3.8) is 0 Å². The minimum Gasteiger partial charge on any atom is -0.469 e. The van der Waals surface area contributed by atoms with E-state index < -0.39 is 47.7 Å². The number of carbonyl (C=O) groups excluding carboxylic acids is 6. The molecule has 3 aromatic carbocycles. The normalized spacial score (nSPS) is 16.3. The first kappa shape index (κ1) is 42.8. The number of benzene rings is 3. The number of fused-ring (bicyclic) bond motifs is 2. The summed E-state index contributed by atoms with van der Waals surface area (Å²) >= 11 is 5.76. The van der Waals surface area contributed by atoms with Gasteiger partial charge in [-0.05, 0) is 79.3 Å². The molecule has 1 saturated heterocycles. The van der Waals surface area contributed by atoms with Crippen LogP contribution >= 0.6 is 11.6 Å². The summed E-state index contributed by atoms with van der Waals surface area (Å²) in [5, 5.41) is 9.65. The number of ketones is 1. The van der Waals surface area contributed by atoms with Crippen LogP contribution in [0.4, 0.5) is 0 Å². The number of likely N-dealkylation sites (tertiary alicyclic amines) is 1. The Morgan fingerprint density at radius 3 is 2.46 bits per heavy atom. The van der Waals surface area contributed by atoms with Crippen LogP contribution in [0.1, 0.15) is 72.8 Å². The van der Waals surface area contributed by atoms with E-state index in [1.807, 2.05) is 85.9 Å². The third-order valence-corrected chi connectivity index (χ3v) is 11.6. The van der Waals surface area contributed by atoms with Crippen molar-refractivity contribution in [1.82, 2.24) is 25.8 Å². The highest BCUT2D eigenvalue weighted by atomic mass is 35.5. The van der Waals surface area contributed by atoms with Gasteiger partial charge in [0.05, 0.1) is 13.2 Å². The number of amides is 4. The third kappa shape index (κ3) is 11.1. The molecule has 13 heteroatoms. The molecule has 4 atom stereocenters. The van der Waals surface area contributed by atoms with Gasteiger partial charge in [0, 0.05) is 55.4 Å². The molecule has 0 bridgehead atoms. The lowest BCUT2D eigenvalue weighted by atomic mass is 9.88. The zero-order valence-electron chi connectivity index (χ0n) is 33.6. The van der Waals surface area contributed by atoms with Crippen LogP contribution in [0.5, 0.6) is 0 Å². The Labute approximate surface area is 349 Å². The Morgan fingerprint density at radius 2 is 1.68 bits per heavy atom. The summed E-state index contributed by atoms with van der Waals surface area (Å²) in [5.74, 6) is -3.90. The first-order valence-electron chi connectivity index (χ1n) is 20.3. The molecule has 0 saturated carbocycles. The fraction of sp³-hybridized carbons (Fsp3) is 0.391. The molecule has 1 aromatic heterocycles. The minimum atomic E-state index is -1.12. The number of aromatic amines is 1. The van der Waals surface area contributed by atoms with Gasteiger partial charge in [-0.3, -0.25) is 28.8 Å². The minimum absolute atomic E-state index is 0.0442. The van der Waals surface area contributed by atoms with E-state index in [9.17, 15) is 28.8 Å². The second-order valence-electron chi connectivity index (χ2n) is 15.4. The van der Waals surface area contributed by atoms with E-state index in [4.69, 9.17) is 16.3 Å². The van der Waals surface area contributed by atoms with Crippen LogP contribution in [-0.4, -0.2) is 82.9 Å². The number of carbonyl (C=O) groups is 6. The molecule has 4 N–H and O–H groups in total. The molecule has 59 heavy (non-hydrogen) atoms. The molecule has 2 heterocycles. The van der Waals surface area contributed by atoms with Crippen molar-refractivity contribution in [3.8, 4) is 0 Å². The Morgan fingerprint density at radius 1 is 0.915 bits per heavy atom. The predicted molar refractivity (Wildman–Crippen MR) is 226 cm³/mol. The molecule has 12 nitrogen and oxygen atoms in total. The molecular weight excluding hydrogens is 770 g/mol. The van der Waals surface area contributed by atoms with Crippen LogP contribution in [0.15, 0.2) is 85.1 Å². The van der Waals surface area contributed by atoms with Gasteiger partial charge < -0.3 is 30.6 Å². The molecular formula is C46H52ClN5O7. The Kier molecular flexibility index (Phi) is 14.7. The summed E-state index contributed by atoms with van der Waals surface area (Å²) in [6.07, 6.45) is 6.41. The van der Waals surface area contributed by atoms with Crippen molar-refractivity contribution >= 4 is 63.5 Å². The number of rotatable bonds is 18. The van der Waals surface area contributed by atoms with Crippen molar-refractivity contribution in [3.05, 3.63) is 113 Å². The monoisotopic (exact) mass is 821 g/mol. The zero-order chi connectivity index (χ0) is 41.9. The number of nitrogens with zero attached hydrogens (tertiary/aromatic N) is 1. The molecule has 4 aromatic rings. The number of nitrogens with one attached hydrogen (secondary N) is 4. The molecule has 0 radical (unpaired) electrons. The molecule has 1 aliphatic carbocycles. The van der Waals surface area contributed by atoms with E-state index in [1.54, 1.807) is 0 Å². The number of hydrogen-bond acceptors (Lipinski definition) is 7. The van der Waals surface area contributed by atoms with Gasteiger partial charge in [0.25, 0.3) is 0 Å². The van der Waals surface area contributed by atoms with Gasteiger partial charge in [-0.2, -0.15) is 0 Å². The van der Waals surface area contributed by atoms with Gasteiger partial charge in [0.2, 0.25) is 23.6 Å². The van der Waals surface area contributed by atoms with E-state index in [2.05, 4.69) is 27.0 Å². The largest absolute Gasteiger partial charge is 0.469 e. The molecule has 2 aliphatic rings. The van der Waals surface area contributed by atoms with Gasteiger partial charge in [0.1, 0.15) is 18.0 Å². The van der Waals surface area contributed by atoms with E-state index in [1.165, 1.54) is 12.0 Å². The van der Waals surface area contributed by atoms with Gasteiger partial charge >= 0.3 is 5.97 Å². The summed E-state index contributed by atoms with van der Waals surface area (Å²) in [5.41, 5.74) is 6.90. The van der Waals surface area contributed by atoms with Crippen LogP contribution in [0.25, 0.3) is 16.5 Å². The van der Waals surface area contributed by atoms with Crippen LogP contribution in [0.3, 0.4) is 0 Å². The van der Waals surface area contributed by atoms with E-state index in [-0.39, 0.29) is 56.2 Å². The average molecular weight is 822 g/mol. The molecule has 0 spiro atoms. The molecule has 1 aliphatic heterocycles. The second-order valence-corrected chi connectivity index (χ2v) is 15.7. The van der Waals surface area contributed by atoms with Crippen molar-refractivity contribution in [2.75, 3.05) is 19.5 Å². The number of esters is 1. The molecule has 0 unspecified atom stereocenters. The Balaban J connectivity index is 1.26. The lowest BCUT2D eigenvalue weighted by molar-refractivity contribution is -0.146. The van der Waals surface area contributed by atoms with Crippen molar-refractivity contribution in [2.24, 2.45) is 5.92 Å². The van der Waals surface area contributed by atoms with Gasteiger partial charge in [-0.15, -0.1) is 11.6 Å². The number of piperidine rings is 1. The maximum absolute atomic E-state index is 14.7. The molecule has 1 fully saturated rings. The number of allylic oxidation sites excluding steroid dienone is 1. The Bertz CT molecular complexity index is 2200. The van der Waals surface area contributed by atoms with E-state index in [0.29, 0.717) is 32.2 Å². The number of H-pyrrole nitrogens is 1. The van der Waals surface area contributed by atoms with E-state index >= 15 is 0 Å². The molecule has 6 rings (SSSR count). The maximum Gasteiger partial charge on any atom is 0.305 e. The molecule has 310 valence electrons. The van der Waals surface area contributed by atoms with Crippen LogP contribution in [0, 0.1) is 12.8 Å². The quantitative estimate of drug-likeness (QED) is 0.0762. The Hall–Kier alpha value is -5.75. The SMILES string of the molecule is COC(=O)CC[C@H](NC(=O)CCl)C(=O)N1CCCC[C@H]1C(=O)N[C@@H](CC1=CCc2ccccc21)C(=O)C[C@@H](Cc1c[nH]c2ccccc12)C(=O)NCc1ccc(C)cc1. The second kappa shape index (κ2) is 20.3. The fourth-order valence-corrected chi connectivity index (χ4v) is 8.13. The highest BCUT2D eigenvalue weighted by molar-refractivity contribution is 6.27. The van der Waals surface area contributed by atoms with E-state index in [0.717, 1.165) is 44.3 Å². The van der Waals surface area contributed by atoms with Crippen LogP contribution < -0.4 is 16.0 Å². The summed E-state index contributed by atoms with van der Waals surface area (Å²) in [4.78, 5) is 86.4. The summed E-state index contributed by atoms with van der Waals surface area (Å²) in [6, 6.07) is 20.6. The number of ether oxygens (including phenoxy) is 1. The number of hydrogen-bond donors (Lipinski definition) is 4. The van der Waals surface area contributed by atoms with Gasteiger partial charge in [-0.25, -0.2) is 0 Å². The molecule has 4 amide bonds. The number of aromatic nitrogens is 1. The third-order valence-electron chi connectivity index (χ3n) is 11.3. The van der Waals surface area contributed by atoms with Crippen molar-refractivity contribution in [2.45, 2.75) is 89.4 Å². The number of halogens is 1. The van der Waals surface area contributed by atoms with Crippen molar-refractivity contribution < 1.29 is 33.5 Å². The lowest BCUT2D eigenvalue weighted by Gasteiger charge is -2.37. The van der Waals surface area contributed by atoms with Gasteiger partial charge in [0.15, 0.2) is 5.78 Å². The highest BCUT2D eigenvalue weighted by Crippen LogP contribution is 2.32. The zero-order valence-corrected chi connectivity index (χ0v) is 34.3. The van der Waals surface area contributed by atoms with Gasteiger partial charge in [-0.1, -0.05) is 78.4 Å². The highest BCUT2D eigenvalue weighted by Gasteiger charge is 2.38. The first-order valence-corrected chi connectivity index (χ1v) is 20.8. The number of alkyl halides is 1. The smallest absolute Gasteiger partial charge is 0.305 e.